The predicted octanol–water partition coefficient (Wildman–Crippen LogP) is 3.43. The van der Waals surface area contributed by atoms with E-state index in [0.29, 0.717) is 30.0 Å². The molecule has 4 aromatic rings. The summed E-state index contributed by atoms with van der Waals surface area (Å²) >= 11 is 0. The highest BCUT2D eigenvalue weighted by molar-refractivity contribution is 6.06. The number of nitrogens with zero attached hydrogens (tertiary/aromatic N) is 3. The number of benzene rings is 2. The molecule has 0 fully saturated rings. The normalized spacial score (nSPS) is 11.5. The van der Waals surface area contributed by atoms with Crippen LogP contribution in [-0.4, -0.2) is 24.7 Å². The average molecular weight is 391 g/mol. The monoisotopic (exact) mass is 391 g/mol. The van der Waals surface area contributed by atoms with Crippen LogP contribution in [0.1, 0.15) is 36.7 Å². The molecule has 0 amide bonds. The molecule has 0 radical (unpaired) electrons. The number of phenols is 2. The van der Waals surface area contributed by atoms with Crippen molar-refractivity contribution >= 4 is 27.8 Å². The van der Waals surface area contributed by atoms with Crippen LogP contribution in [0.4, 0.5) is 5.82 Å². The van der Waals surface area contributed by atoms with E-state index < -0.39 is 0 Å². The number of pyridine rings is 1. The molecule has 0 aliphatic rings. The van der Waals surface area contributed by atoms with Crippen LogP contribution in [0.5, 0.6) is 11.5 Å². The first-order chi connectivity index (χ1) is 14.0. The Bertz CT molecular complexity index is 1200. The van der Waals surface area contributed by atoms with Crippen LogP contribution in [0.25, 0.3) is 21.9 Å². The summed E-state index contributed by atoms with van der Waals surface area (Å²) in [5.74, 6) is 1.49. The van der Waals surface area contributed by atoms with Gasteiger partial charge in [-0.05, 0) is 42.3 Å². The number of unbranched alkanes of at least 4 members (excludes halogenated alkanes) is 1. The van der Waals surface area contributed by atoms with Gasteiger partial charge in [0.1, 0.15) is 22.8 Å². The Hall–Kier alpha value is -3.32. The highest BCUT2D eigenvalue weighted by atomic mass is 16.3. The number of imidazole rings is 1. The number of rotatable bonds is 6. The first kappa shape index (κ1) is 19.0. The lowest BCUT2D eigenvalue weighted by Gasteiger charge is -2.13. The van der Waals surface area contributed by atoms with Gasteiger partial charge in [-0.15, -0.1) is 0 Å². The van der Waals surface area contributed by atoms with Crippen molar-refractivity contribution in [1.29, 1.82) is 0 Å². The van der Waals surface area contributed by atoms with Gasteiger partial charge in [-0.3, -0.25) is 0 Å². The van der Waals surface area contributed by atoms with Crippen molar-refractivity contribution in [3.63, 3.8) is 0 Å². The van der Waals surface area contributed by atoms with Crippen LogP contribution in [0.2, 0.25) is 0 Å². The largest absolute Gasteiger partial charge is 0.508 e. The number of aromatic hydroxyl groups is 2. The zero-order valence-electron chi connectivity index (χ0n) is 16.4. The highest BCUT2D eigenvalue weighted by Crippen LogP contribution is 2.32. The third-order valence-corrected chi connectivity index (χ3v) is 5.23. The second-order valence-corrected chi connectivity index (χ2v) is 7.28. The Balaban J connectivity index is 2.01. The lowest BCUT2D eigenvalue weighted by Crippen LogP contribution is -2.06. The van der Waals surface area contributed by atoms with Crippen molar-refractivity contribution in [3.05, 3.63) is 53.3 Å². The summed E-state index contributed by atoms with van der Waals surface area (Å²) in [5.41, 5.74) is 16.0. The molecule has 6 N–H and O–H groups in total. The minimum Gasteiger partial charge on any atom is -0.508 e. The summed E-state index contributed by atoms with van der Waals surface area (Å²) in [6.45, 7) is 2.92. The van der Waals surface area contributed by atoms with E-state index >= 15 is 0 Å². The lowest BCUT2D eigenvalue weighted by atomic mass is 10.1. The number of aryl methyl sites for hydroxylation is 1. The van der Waals surface area contributed by atoms with E-state index in [0.717, 1.165) is 47.1 Å². The first-order valence-electron chi connectivity index (χ1n) is 9.80. The maximum Gasteiger partial charge on any atom is 0.152 e. The topological polar surface area (TPSA) is 123 Å². The molecule has 0 aliphatic heterocycles. The van der Waals surface area contributed by atoms with Crippen LogP contribution < -0.4 is 11.5 Å². The number of fused-ring (bicyclic) bond motifs is 3. The molecule has 150 valence electrons. The standard InChI is InChI=1S/C22H25N5O2/c1-2-3-4-19-26-20-21(27(19)12-14-10-15(28)6-8-18(14)29)16-9-13(11-23)5-7-17(16)25-22(20)24/h5-10,28-29H,2-4,11-12,23H2,1H3,(H2,24,25). The molecule has 4 rings (SSSR count). The fourth-order valence-corrected chi connectivity index (χ4v) is 3.70. The molecule has 2 heterocycles. The Morgan fingerprint density at radius 2 is 1.90 bits per heavy atom. The average Bonchev–Trinajstić information content (AvgIpc) is 3.08. The molecule has 2 aromatic carbocycles. The minimum atomic E-state index is 0.105. The van der Waals surface area contributed by atoms with Gasteiger partial charge < -0.3 is 26.2 Å². The van der Waals surface area contributed by atoms with Crippen molar-refractivity contribution in [2.75, 3.05) is 5.73 Å². The second-order valence-electron chi connectivity index (χ2n) is 7.28. The summed E-state index contributed by atoms with van der Waals surface area (Å²) in [5, 5.41) is 21.1. The Morgan fingerprint density at radius 3 is 2.66 bits per heavy atom. The highest BCUT2D eigenvalue weighted by Gasteiger charge is 2.18. The van der Waals surface area contributed by atoms with Gasteiger partial charge in [0.25, 0.3) is 0 Å². The van der Waals surface area contributed by atoms with Gasteiger partial charge in [0.15, 0.2) is 5.82 Å². The van der Waals surface area contributed by atoms with Gasteiger partial charge >= 0.3 is 0 Å². The molecule has 29 heavy (non-hydrogen) atoms. The Labute approximate surface area is 168 Å². The van der Waals surface area contributed by atoms with Crippen LogP contribution in [0.15, 0.2) is 36.4 Å². The van der Waals surface area contributed by atoms with Crippen molar-refractivity contribution in [2.24, 2.45) is 5.73 Å². The smallest absolute Gasteiger partial charge is 0.152 e. The van der Waals surface area contributed by atoms with E-state index in [1.54, 1.807) is 6.07 Å². The molecular weight excluding hydrogens is 366 g/mol. The van der Waals surface area contributed by atoms with E-state index in [1.165, 1.54) is 12.1 Å². The van der Waals surface area contributed by atoms with Gasteiger partial charge in [0.2, 0.25) is 0 Å². The molecule has 0 saturated heterocycles. The van der Waals surface area contributed by atoms with Crippen LogP contribution in [-0.2, 0) is 19.5 Å². The molecule has 0 saturated carbocycles. The van der Waals surface area contributed by atoms with E-state index in [2.05, 4.69) is 16.5 Å². The maximum atomic E-state index is 10.3. The van der Waals surface area contributed by atoms with E-state index in [4.69, 9.17) is 16.5 Å². The number of anilines is 1. The fourth-order valence-electron chi connectivity index (χ4n) is 3.70. The van der Waals surface area contributed by atoms with Gasteiger partial charge in [-0.1, -0.05) is 19.4 Å². The molecule has 0 bridgehead atoms. The summed E-state index contributed by atoms with van der Waals surface area (Å²) < 4.78 is 2.07. The molecule has 2 aromatic heterocycles. The quantitative estimate of drug-likeness (QED) is 0.373. The maximum absolute atomic E-state index is 10.3. The van der Waals surface area contributed by atoms with Crippen molar-refractivity contribution in [3.8, 4) is 11.5 Å². The van der Waals surface area contributed by atoms with Crippen LogP contribution in [0, 0.1) is 0 Å². The number of aromatic nitrogens is 3. The van der Waals surface area contributed by atoms with Crippen molar-refractivity contribution in [2.45, 2.75) is 39.3 Å². The Morgan fingerprint density at radius 1 is 1.07 bits per heavy atom. The number of hydrogen-bond donors (Lipinski definition) is 4. The van der Waals surface area contributed by atoms with Crippen molar-refractivity contribution in [1.82, 2.24) is 14.5 Å². The van der Waals surface area contributed by atoms with Crippen LogP contribution >= 0.6 is 0 Å². The van der Waals surface area contributed by atoms with Crippen molar-refractivity contribution < 1.29 is 10.2 Å². The number of phenolic OH excluding ortho intramolecular Hbond substituents is 2. The molecule has 7 heteroatoms. The minimum absolute atomic E-state index is 0.105. The molecule has 0 spiro atoms. The number of hydrogen-bond acceptors (Lipinski definition) is 6. The second kappa shape index (κ2) is 7.60. The zero-order valence-corrected chi connectivity index (χ0v) is 16.4. The lowest BCUT2D eigenvalue weighted by molar-refractivity contribution is 0.452. The first-order valence-corrected chi connectivity index (χ1v) is 9.80. The molecule has 0 unspecified atom stereocenters. The fraction of sp³-hybridized carbons (Fsp3) is 0.273. The summed E-state index contributed by atoms with van der Waals surface area (Å²) in [6, 6.07) is 10.4. The molecule has 7 nitrogen and oxygen atoms in total. The summed E-state index contributed by atoms with van der Waals surface area (Å²) in [4.78, 5) is 9.33. The Kier molecular flexibility index (Phi) is 4.98. The molecule has 0 atom stereocenters. The zero-order chi connectivity index (χ0) is 20.5. The van der Waals surface area contributed by atoms with Gasteiger partial charge in [-0.25, -0.2) is 9.97 Å². The van der Waals surface area contributed by atoms with E-state index in [9.17, 15) is 10.2 Å². The van der Waals surface area contributed by atoms with Gasteiger partial charge in [-0.2, -0.15) is 0 Å². The van der Waals surface area contributed by atoms with E-state index in [1.807, 2.05) is 18.2 Å². The number of nitrogens with two attached hydrogens (primary N) is 2. The third kappa shape index (κ3) is 3.45. The summed E-state index contributed by atoms with van der Waals surface area (Å²) in [7, 11) is 0. The van der Waals surface area contributed by atoms with E-state index in [-0.39, 0.29) is 11.5 Å². The third-order valence-electron chi connectivity index (χ3n) is 5.23. The number of nitrogen functional groups attached to an aromatic ring is 1. The SMILES string of the molecule is CCCCc1nc2c(N)nc3ccc(CN)cc3c2n1Cc1cc(O)ccc1O. The summed E-state index contributed by atoms with van der Waals surface area (Å²) in [6.07, 6.45) is 2.79. The molecule has 0 aliphatic carbocycles. The van der Waals surface area contributed by atoms with Crippen LogP contribution in [0.3, 0.4) is 0 Å². The van der Waals surface area contributed by atoms with Gasteiger partial charge in [0.05, 0.1) is 17.6 Å². The predicted molar refractivity (Wildman–Crippen MR) is 115 cm³/mol. The van der Waals surface area contributed by atoms with Gasteiger partial charge in [0, 0.05) is 23.9 Å². The molecular formula is C22H25N5O2.